The number of carboxylic acids is 1. The number of carboxylic acid groups (broad SMARTS) is 1. The van der Waals surface area contributed by atoms with Crippen LogP contribution in [0.2, 0.25) is 5.02 Å². The highest BCUT2D eigenvalue weighted by atomic mass is 35.5. The first-order chi connectivity index (χ1) is 9.49. The number of carbonyl (C=O) groups excluding carboxylic acids is 1. The van der Waals surface area contributed by atoms with Gasteiger partial charge < -0.3 is 16.2 Å². The molecule has 0 radical (unpaired) electrons. The standard InChI is InChI=1S/C14H17ClN2O3/c15-9-4-5-11(13(16)18)12(6-9)17-7-8-2-1-3-10(8)14(19)20/h4-6,8,10,17H,1-3,7H2,(H2,16,18)(H,19,20). The Bertz CT molecular complexity index is 533. The Morgan fingerprint density at radius 3 is 2.80 bits per heavy atom. The molecule has 1 amide bonds. The van der Waals surface area contributed by atoms with Crippen molar-refractivity contribution in [2.24, 2.45) is 17.6 Å². The number of aliphatic carboxylic acids is 1. The van der Waals surface area contributed by atoms with Crippen LogP contribution in [-0.4, -0.2) is 23.5 Å². The van der Waals surface area contributed by atoms with E-state index in [1.165, 1.54) is 0 Å². The number of primary amides is 1. The number of anilines is 1. The van der Waals surface area contributed by atoms with Crippen LogP contribution in [0.4, 0.5) is 5.69 Å². The van der Waals surface area contributed by atoms with Crippen molar-refractivity contribution in [3.05, 3.63) is 28.8 Å². The van der Waals surface area contributed by atoms with Gasteiger partial charge in [0.05, 0.1) is 11.5 Å². The summed E-state index contributed by atoms with van der Waals surface area (Å²) >= 11 is 5.91. The molecule has 108 valence electrons. The fraction of sp³-hybridized carbons (Fsp3) is 0.429. The SMILES string of the molecule is NC(=O)c1ccc(Cl)cc1NCC1CCCC1C(=O)O. The Morgan fingerprint density at radius 2 is 2.15 bits per heavy atom. The lowest BCUT2D eigenvalue weighted by Crippen LogP contribution is -2.25. The minimum Gasteiger partial charge on any atom is -0.481 e. The van der Waals surface area contributed by atoms with Crippen LogP contribution in [0.1, 0.15) is 29.6 Å². The van der Waals surface area contributed by atoms with Gasteiger partial charge in [0.25, 0.3) is 5.91 Å². The van der Waals surface area contributed by atoms with Gasteiger partial charge in [-0.1, -0.05) is 18.0 Å². The third-order valence-electron chi connectivity index (χ3n) is 3.78. The molecule has 0 spiro atoms. The van der Waals surface area contributed by atoms with E-state index in [2.05, 4.69) is 5.32 Å². The zero-order valence-electron chi connectivity index (χ0n) is 10.9. The zero-order chi connectivity index (χ0) is 14.7. The summed E-state index contributed by atoms with van der Waals surface area (Å²) in [7, 11) is 0. The van der Waals surface area contributed by atoms with E-state index in [1.807, 2.05) is 0 Å². The largest absolute Gasteiger partial charge is 0.481 e. The number of amides is 1. The quantitative estimate of drug-likeness (QED) is 0.777. The van der Waals surface area contributed by atoms with E-state index in [1.54, 1.807) is 18.2 Å². The first-order valence-electron chi connectivity index (χ1n) is 6.55. The zero-order valence-corrected chi connectivity index (χ0v) is 11.7. The van der Waals surface area contributed by atoms with Gasteiger partial charge in [-0.15, -0.1) is 0 Å². The Morgan fingerprint density at radius 1 is 1.40 bits per heavy atom. The fourth-order valence-corrected chi connectivity index (χ4v) is 2.90. The molecule has 2 rings (SSSR count). The highest BCUT2D eigenvalue weighted by molar-refractivity contribution is 6.31. The fourth-order valence-electron chi connectivity index (χ4n) is 2.72. The second kappa shape index (κ2) is 6.13. The van der Waals surface area contributed by atoms with Gasteiger partial charge >= 0.3 is 5.97 Å². The topological polar surface area (TPSA) is 92.4 Å². The second-order valence-electron chi connectivity index (χ2n) is 5.07. The molecule has 0 bridgehead atoms. The van der Waals surface area contributed by atoms with Gasteiger partial charge in [0.1, 0.15) is 0 Å². The van der Waals surface area contributed by atoms with Crippen LogP contribution in [0.25, 0.3) is 0 Å². The summed E-state index contributed by atoms with van der Waals surface area (Å²) in [6, 6.07) is 4.80. The molecular weight excluding hydrogens is 280 g/mol. The summed E-state index contributed by atoms with van der Waals surface area (Å²) in [4.78, 5) is 22.5. The van der Waals surface area contributed by atoms with Gasteiger partial charge in [-0.3, -0.25) is 9.59 Å². The third kappa shape index (κ3) is 3.22. The number of halogens is 1. The first-order valence-corrected chi connectivity index (χ1v) is 6.93. The van der Waals surface area contributed by atoms with Crippen molar-refractivity contribution in [2.45, 2.75) is 19.3 Å². The lowest BCUT2D eigenvalue weighted by atomic mass is 9.96. The van der Waals surface area contributed by atoms with E-state index in [0.29, 0.717) is 29.2 Å². The van der Waals surface area contributed by atoms with Crippen LogP contribution in [0, 0.1) is 11.8 Å². The molecular formula is C14H17ClN2O3. The van der Waals surface area contributed by atoms with Crippen LogP contribution in [0.5, 0.6) is 0 Å². The van der Waals surface area contributed by atoms with E-state index in [0.717, 1.165) is 12.8 Å². The molecule has 4 N–H and O–H groups in total. The average Bonchev–Trinajstić information content (AvgIpc) is 2.84. The number of benzene rings is 1. The van der Waals surface area contributed by atoms with Crippen molar-refractivity contribution in [3.63, 3.8) is 0 Å². The number of rotatable bonds is 5. The van der Waals surface area contributed by atoms with E-state index in [4.69, 9.17) is 22.4 Å². The van der Waals surface area contributed by atoms with Crippen molar-refractivity contribution in [1.29, 1.82) is 0 Å². The Hall–Kier alpha value is -1.75. The molecule has 2 atom stereocenters. The molecule has 1 saturated carbocycles. The predicted molar refractivity (Wildman–Crippen MR) is 76.9 cm³/mol. The predicted octanol–water partition coefficient (Wildman–Crippen LogP) is 2.35. The first kappa shape index (κ1) is 14.7. The van der Waals surface area contributed by atoms with Crippen molar-refractivity contribution >= 4 is 29.2 Å². The maximum Gasteiger partial charge on any atom is 0.306 e. The van der Waals surface area contributed by atoms with Gasteiger partial charge in [-0.05, 0) is 37.0 Å². The maximum absolute atomic E-state index is 11.3. The smallest absolute Gasteiger partial charge is 0.306 e. The lowest BCUT2D eigenvalue weighted by Gasteiger charge is -2.18. The Labute approximate surface area is 122 Å². The average molecular weight is 297 g/mol. The monoisotopic (exact) mass is 296 g/mol. The summed E-state index contributed by atoms with van der Waals surface area (Å²) in [5, 5.41) is 12.8. The minimum atomic E-state index is -0.754. The van der Waals surface area contributed by atoms with Crippen molar-refractivity contribution in [1.82, 2.24) is 0 Å². The van der Waals surface area contributed by atoms with Crippen molar-refractivity contribution < 1.29 is 14.7 Å². The number of hydrogen-bond donors (Lipinski definition) is 3. The molecule has 0 aliphatic heterocycles. The highest BCUT2D eigenvalue weighted by Crippen LogP contribution is 2.32. The van der Waals surface area contributed by atoms with Gasteiger partial charge in [0.15, 0.2) is 0 Å². The summed E-state index contributed by atoms with van der Waals surface area (Å²) < 4.78 is 0. The normalized spacial score (nSPS) is 21.6. The molecule has 0 heterocycles. The van der Waals surface area contributed by atoms with Crippen LogP contribution in [0.15, 0.2) is 18.2 Å². The van der Waals surface area contributed by atoms with Crippen molar-refractivity contribution in [3.8, 4) is 0 Å². The minimum absolute atomic E-state index is 0.0622. The summed E-state index contributed by atoms with van der Waals surface area (Å²) in [5.41, 5.74) is 6.22. The maximum atomic E-state index is 11.3. The molecule has 20 heavy (non-hydrogen) atoms. The molecule has 1 fully saturated rings. The molecule has 1 aliphatic carbocycles. The van der Waals surface area contributed by atoms with E-state index < -0.39 is 11.9 Å². The summed E-state index contributed by atoms with van der Waals surface area (Å²) in [5.74, 6) is -1.55. The van der Waals surface area contributed by atoms with Crippen molar-refractivity contribution in [2.75, 3.05) is 11.9 Å². The number of carbonyl (C=O) groups is 2. The van der Waals surface area contributed by atoms with Crippen LogP contribution >= 0.6 is 11.6 Å². The molecule has 5 nitrogen and oxygen atoms in total. The number of nitrogens with two attached hydrogens (primary N) is 1. The van der Waals surface area contributed by atoms with Gasteiger partial charge in [0, 0.05) is 17.3 Å². The molecule has 0 aromatic heterocycles. The molecule has 0 saturated heterocycles. The van der Waals surface area contributed by atoms with Gasteiger partial charge in [0.2, 0.25) is 0 Å². The molecule has 1 aromatic rings. The number of hydrogen-bond acceptors (Lipinski definition) is 3. The lowest BCUT2D eigenvalue weighted by molar-refractivity contribution is -0.142. The second-order valence-corrected chi connectivity index (χ2v) is 5.51. The molecule has 1 aromatic carbocycles. The summed E-state index contributed by atoms with van der Waals surface area (Å²) in [6.07, 6.45) is 2.50. The summed E-state index contributed by atoms with van der Waals surface area (Å²) in [6.45, 7) is 0.498. The van der Waals surface area contributed by atoms with Crippen LogP contribution in [-0.2, 0) is 4.79 Å². The van der Waals surface area contributed by atoms with Crippen LogP contribution < -0.4 is 11.1 Å². The van der Waals surface area contributed by atoms with Crippen LogP contribution in [0.3, 0.4) is 0 Å². The van der Waals surface area contributed by atoms with Gasteiger partial charge in [-0.25, -0.2) is 0 Å². The molecule has 1 aliphatic rings. The van der Waals surface area contributed by atoms with Gasteiger partial charge in [-0.2, -0.15) is 0 Å². The Kier molecular flexibility index (Phi) is 4.49. The van der Waals surface area contributed by atoms with E-state index in [9.17, 15) is 9.59 Å². The number of nitrogens with one attached hydrogen (secondary N) is 1. The molecule has 6 heteroatoms. The third-order valence-corrected chi connectivity index (χ3v) is 4.01. The highest BCUT2D eigenvalue weighted by Gasteiger charge is 2.32. The van der Waals surface area contributed by atoms with E-state index in [-0.39, 0.29) is 11.8 Å². The Balaban J connectivity index is 2.09. The van der Waals surface area contributed by atoms with E-state index >= 15 is 0 Å². The molecule has 2 unspecified atom stereocenters.